The van der Waals surface area contributed by atoms with Gasteiger partial charge in [-0.05, 0) is 60.9 Å². The third kappa shape index (κ3) is 6.43. The average molecular weight is 531 g/mol. The molecule has 174 valence electrons. The maximum Gasteiger partial charge on any atom is 0.243 e. The molecule has 3 aromatic carbocycles. The molecule has 0 aliphatic heterocycles. The van der Waals surface area contributed by atoms with Crippen LogP contribution < -0.4 is 10.1 Å². The van der Waals surface area contributed by atoms with Crippen LogP contribution in [0.5, 0.6) is 5.75 Å². The van der Waals surface area contributed by atoms with Crippen LogP contribution >= 0.6 is 15.9 Å². The minimum Gasteiger partial charge on any atom is -0.496 e. The number of hydrogen-bond donors (Lipinski definition) is 1. The first kappa shape index (κ1) is 25.0. The van der Waals surface area contributed by atoms with Crippen LogP contribution in [0.25, 0.3) is 0 Å². The van der Waals surface area contributed by atoms with Gasteiger partial charge >= 0.3 is 0 Å². The van der Waals surface area contributed by atoms with E-state index in [1.807, 2.05) is 61.5 Å². The highest BCUT2D eigenvalue weighted by Crippen LogP contribution is 2.25. The van der Waals surface area contributed by atoms with Crippen LogP contribution in [-0.2, 0) is 21.4 Å². The van der Waals surface area contributed by atoms with Crippen LogP contribution in [0.3, 0.4) is 0 Å². The molecule has 33 heavy (non-hydrogen) atoms. The molecule has 0 spiro atoms. The number of nitrogens with one attached hydrogen (secondary N) is 1. The molecule has 0 bridgehead atoms. The van der Waals surface area contributed by atoms with E-state index in [2.05, 4.69) is 21.2 Å². The zero-order valence-electron chi connectivity index (χ0n) is 18.8. The summed E-state index contributed by atoms with van der Waals surface area (Å²) in [5.74, 6) is 0.222. The Morgan fingerprint density at radius 2 is 1.73 bits per heavy atom. The van der Waals surface area contributed by atoms with Gasteiger partial charge in [-0.15, -0.1) is 0 Å². The Balaban J connectivity index is 1.85. The van der Waals surface area contributed by atoms with Crippen molar-refractivity contribution in [1.82, 2.24) is 9.62 Å². The first-order chi connectivity index (χ1) is 15.7. The monoisotopic (exact) mass is 530 g/mol. The Kier molecular flexibility index (Phi) is 8.29. The van der Waals surface area contributed by atoms with Gasteiger partial charge in [0.05, 0.1) is 24.6 Å². The number of benzene rings is 3. The molecule has 0 aliphatic carbocycles. The zero-order chi connectivity index (χ0) is 24.0. The molecule has 0 aliphatic rings. The van der Waals surface area contributed by atoms with Crippen molar-refractivity contribution in [3.63, 3.8) is 0 Å². The van der Waals surface area contributed by atoms with Crippen molar-refractivity contribution in [3.05, 3.63) is 94.0 Å². The predicted molar refractivity (Wildman–Crippen MR) is 132 cm³/mol. The van der Waals surface area contributed by atoms with Gasteiger partial charge in [0.15, 0.2) is 0 Å². The molecular weight excluding hydrogens is 504 g/mol. The lowest BCUT2D eigenvalue weighted by Gasteiger charge is -2.24. The SMILES string of the molecule is COc1ccc(S(=O)(=O)N(CC(=O)NC(C)c2ccc(Br)cc2)Cc2ccccc2)cc1C. The fourth-order valence-electron chi connectivity index (χ4n) is 3.46. The molecule has 0 saturated heterocycles. The number of hydrogen-bond acceptors (Lipinski definition) is 4. The van der Waals surface area contributed by atoms with Crippen LogP contribution in [0.2, 0.25) is 0 Å². The number of amides is 1. The maximum absolute atomic E-state index is 13.5. The predicted octanol–water partition coefficient (Wildman–Crippen LogP) is 4.83. The van der Waals surface area contributed by atoms with Crippen molar-refractivity contribution in [2.45, 2.75) is 31.3 Å². The minimum absolute atomic E-state index is 0.0777. The lowest BCUT2D eigenvalue weighted by atomic mass is 10.1. The number of aryl methyl sites for hydroxylation is 1. The van der Waals surface area contributed by atoms with Crippen molar-refractivity contribution >= 4 is 31.9 Å². The third-order valence-electron chi connectivity index (χ3n) is 5.27. The second-order valence-electron chi connectivity index (χ2n) is 7.73. The second kappa shape index (κ2) is 11.0. The van der Waals surface area contributed by atoms with E-state index in [0.717, 1.165) is 15.6 Å². The summed E-state index contributed by atoms with van der Waals surface area (Å²) in [5.41, 5.74) is 2.42. The van der Waals surface area contributed by atoms with Crippen LogP contribution in [0, 0.1) is 6.92 Å². The molecule has 3 rings (SSSR count). The number of nitrogens with zero attached hydrogens (tertiary/aromatic N) is 1. The third-order valence-corrected chi connectivity index (χ3v) is 7.59. The molecule has 8 heteroatoms. The van der Waals surface area contributed by atoms with Gasteiger partial charge in [-0.25, -0.2) is 8.42 Å². The van der Waals surface area contributed by atoms with E-state index in [0.29, 0.717) is 11.3 Å². The average Bonchev–Trinajstić information content (AvgIpc) is 2.79. The summed E-state index contributed by atoms with van der Waals surface area (Å²) in [6.45, 7) is 3.42. The number of methoxy groups -OCH3 is 1. The highest BCUT2D eigenvalue weighted by molar-refractivity contribution is 9.10. The molecule has 3 aromatic rings. The summed E-state index contributed by atoms with van der Waals surface area (Å²) in [6, 6.07) is 21.3. The van der Waals surface area contributed by atoms with E-state index < -0.39 is 10.0 Å². The Morgan fingerprint density at radius 1 is 1.06 bits per heavy atom. The van der Waals surface area contributed by atoms with Crippen LogP contribution in [0.4, 0.5) is 0 Å². The second-order valence-corrected chi connectivity index (χ2v) is 10.6. The minimum atomic E-state index is -3.94. The molecule has 1 atom stereocenters. The van der Waals surface area contributed by atoms with Gasteiger partial charge in [-0.1, -0.05) is 58.4 Å². The normalized spacial score (nSPS) is 12.4. The quantitative estimate of drug-likeness (QED) is 0.429. The molecule has 0 aromatic heterocycles. The van der Waals surface area contributed by atoms with E-state index in [-0.39, 0.29) is 29.9 Å². The Morgan fingerprint density at radius 3 is 2.33 bits per heavy atom. The van der Waals surface area contributed by atoms with Crippen molar-refractivity contribution in [2.24, 2.45) is 0 Å². The molecule has 0 saturated carbocycles. The molecule has 0 radical (unpaired) electrons. The zero-order valence-corrected chi connectivity index (χ0v) is 21.2. The van der Waals surface area contributed by atoms with E-state index in [1.54, 1.807) is 19.1 Å². The molecular formula is C25H27BrN2O4S. The largest absolute Gasteiger partial charge is 0.496 e. The van der Waals surface area contributed by atoms with Gasteiger partial charge in [0, 0.05) is 11.0 Å². The maximum atomic E-state index is 13.5. The molecule has 0 fully saturated rings. The van der Waals surface area contributed by atoms with E-state index >= 15 is 0 Å². The topological polar surface area (TPSA) is 75.7 Å². The van der Waals surface area contributed by atoms with E-state index in [1.165, 1.54) is 17.5 Å². The fraction of sp³-hybridized carbons (Fsp3) is 0.240. The van der Waals surface area contributed by atoms with Crippen molar-refractivity contribution in [1.29, 1.82) is 0 Å². The van der Waals surface area contributed by atoms with Gasteiger partial charge in [0.1, 0.15) is 5.75 Å². The van der Waals surface area contributed by atoms with Gasteiger partial charge < -0.3 is 10.1 Å². The number of carbonyl (C=O) groups is 1. The molecule has 6 nitrogen and oxygen atoms in total. The summed E-state index contributed by atoms with van der Waals surface area (Å²) in [5, 5.41) is 2.90. The van der Waals surface area contributed by atoms with Gasteiger partial charge in [0.2, 0.25) is 15.9 Å². The highest BCUT2D eigenvalue weighted by atomic mass is 79.9. The van der Waals surface area contributed by atoms with Gasteiger partial charge in [-0.2, -0.15) is 4.31 Å². The summed E-state index contributed by atoms with van der Waals surface area (Å²) in [4.78, 5) is 13.0. The van der Waals surface area contributed by atoms with Gasteiger partial charge in [0.25, 0.3) is 0 Å². The number of halogens is 1. The highest BCUT2D eigenvalue weighted by Gasteiger charge is 2.28. The van der Waals surface area contributed by atoms with Crippen molar-refractivity contribution < 1.29 is 17.9 Å². The summed E-state index contributed by atoms with van der Waals surface area (Å²) in [6.07, 6.45) is 0. The number of sulfonamides is 1. The summed E-state index contributed by atoms with van der Waals surface area (Å²) >= 11 is 3.40. The van der Waals surface area contributed by atoms with Crippen molar-refractivity contribution in [2.75, 3.05) is 13.7 Å². The fourth-order valence-corrected chi connectivity index (χ4v) is 5.19. The van der Waals surface area contributed by atoms with E-state index in [9.17, 15) is 13.2 Å². The Bertz CT molecular complexity index is 1200. The van der Waals surface area contributed by atoms with Crippen LogP contribution in [0.15, 0.2) is 82.2 Å². The van der Waals surface area contributed by atoms with Crippen molar-refractivity contribution in [3.8, 4) is 5.75 Å². The standard InChI is InChI=1S/C25H27BrN2O4S/c1-18-15-23(13-14-24(18)32-3)33(30,31)28(16-20-7-5-4-6-8-20)17-25(29)27-19(2)21-9-11-22(26)12-10-21/h4-15,19H,16-17H2,1-3H3,(H,27,29). The Labute approximate surface area is 203 Å². The molecule has 1 N–H and O–H groups in total. The first-order valence-electron chi connectivity index (χ1n) is 10.4. The summed E-state index contributed by atoms with van der Waals surface area (Å²) in [7, 11) is -2.40. The molecule has 0 heterocycles. The van der Waals surface area contributed by atoms with E-state index in [4.69, 9.17) is 4.74 Å². The Hall–Kier alpha value is -2.68. The van der Waals surface area contributed by atoms with Crippen LogP contribution in [0.1, 0.15) is 29.7 Å². The smallest absolute Gasteiger partial charge is 0.243 e. The number of ether oxygens (including phenoxy) is 1. The molecule has 1 amide bonds. The number of rotatable bonds is 9. The molecule has 1 unspecified atom stereocenters. The summed E-state index contributed by atoms with van der Waals surface area (Å²) < 4.78 is 34.4. The first-order valence-corrected chi connectivity index (χ1v) is 12.7. The lowest BCUT2D eigenvalue weighted by molar-refractivity contribution is -0.122. The number of carbonyl (C=O) groups excluding carboxylic acids is 1. The van der Waals surface area contributed by atoms with Crippen LogP contribution in [-0.4, -0.2) is 32.3 Å². The lowest BCUT2D eigenvalue weighted by Crippen LogP contribution is -2.41. The van der Waals surface area contributed by atoms with Gasteiger partial charge in [-0.3, -0.25) is 4.79 Å².